The standard InChI is InChI=1S/C25H29N5O8S2/c1-3-37-16-15-29-21-10-7-19(30(33)34)17-22(21)39-24(29)26-23(31)18-5-8-20(9-6-18)40(35,36)28-13-11-27(12-14-28)25(32)38-4-2/h5-10,17H,3-4,11-16H2,1-2H3. The van der Waals surface area contributed by atoms with E-state index in [1.165, 1.54) is 45.6 Å². The molecule has 0 saturated carbocycles. The summed E-state index contributed by atoms with van der Waals surface area (Å²) in [4.78, 5) is 41.7. The minimum absolute atomic E-state index is 0.0228. The molecule has 214 valence electrons. The van der Waals surface area contributed by atoms with Crippen LogP contribution in [0.2, 0.25) is 0 Å². The number of aromatic nitrogens is 1. The zero-order valence-corrected chi connectivity index (χ0v) is 23.6. The number of carbonyl (C=O) groups is 2. The van der Waals surface area contributed by atoms with Crippen molar-refractivity contribution in [2.24, 2.45) is 4.99 Å². The van der Waals surface area contributed by atoms with Gasteiger partial charge in [0.25, 0.3) is 11.6 Å². The Kier molecular flexibility index (Phi) is 9.29. The maximum atomic E-state index is 13.1. The van der Waals surface area contributed by atoms with Gasteiger partial charge in [0.1, 0.15) is 0 Å². The Labute approximate surface area is 234 Å². The quantitative estimate of drug-likeness (QED) is 0.209. The molecule has 2 amide bonds. The van der Waals surface area contributed by atoms with E-state index >= 15 is 0 Å². The summed E-state index contributed by atoms with van der Waals surface area (Å²) in [6.45, 7) is 5.76. The zero-order valence-electron chi connectivity index (χ0n) is 22.0. The zero-order chi connectivity index (χ0) is 28.9. The van der Waals surface area contributed by atoms with Crippen LogP contribution in [0.4, 0.5) is 10.5 Å². The molecule has 2 heterocycles. The first-order valence-electron chi connectivity index (χ1n) is 12.6. The molecule has 3 aromatic rings. The van der Waals surface area contributed by atoms with Gasteiger partial charge in [0.15, 0.2) is 4.80 Å². The number of thiazole rings is 1. The summed E-state index contributed by atoms with van der Waals surface area (Å²) in [6.07, 6.45) is -0.470. The van der Waals surface area contributed by atoms with E-state index in [-0.39, 0.29) is 48.9 Å². The van der Waals surface area contributed by atoms with E-state index in [9.17, 15) is 28.1 Å². The van der Waals surface area contributed by atoms with Crippen molar-refractivity contribution in [3.63, 3.8) is 0 Å². The van der Waals surface area contributed by atoms with Crippen molar-refractivity contribution < 1.29 is 32.4 Å². The molecule has 1 aromatic heterocycles. The number of non-ortho nitro benzene ring substituents is 1. The Bertz CT molecular complexity index is 1570. The fourth-order valence-electron chi connectivity index (χ4n) is 4.17. The van der Waals surface area contributed by atoms with Gasteiger partial charge >= 0.3 is 6.09 Å². The third-order valence-corrected chi connectivity index (χ3v) is 9.20. The number of nitro benzene ring substituents is 1. The number of rotatable bonds is 9. The number of nitrogens with zero attached hydrogens (tertiary/aromatic N) is 5. The summed E-state index contributed by atoms with van der Waals surface area (Å²) >= 11 is 1.14. The summed E-state index contributed by atoms with van der Waals surface area (Å²) in [5, 5.41) is 11.2. The van der Waals surface area contributed by atoms with E-state index in [4.69, 9.17) is 9.47 Å². The minimum atomic E-state index is -3.83. The molecule has 15 heteroatoms. The second-order valence-corrected chi connectivity index (χ2v) is 11.6. The Morgan fingerprint density at radius 3 is 2.38 bits per heavy atom. The average Bonchev–Trinajstić information content (AvgIpc) is 3.29. The molecule has 0 radical (unpaired) electrons. The van der Waals surface area contributed by atoms with Gasteiger partial charge in [-0.3, -0.25) is 14.9 Å². The van der Waals surface area contributed by atoms with Crippen molar-refractivity contribution in [2.75, 3.05) is 46.0 Å². The first-order chi connectivity index (χ1) is 19.1. The first-order valence-corrected chi connectivity index (χ1v) is 14.9. The number of fused-ring (bicyclic) bond motifs is 1. The third-order valence-electron chi connectivity index (χ3n) is 6.24. The molecule has 1 aliphatic heterocycles. The molecule has 0 bridgehead atoms. The molecule has 1 aliphatic rings. The van der Waals surface area contributed by atoms with Gasteiger partial charge in [0, 0.05) is 57.0 Å². The molecule has 1 saturated heterocycles. The molecule has 40 heavy (non-hydrogen) atoms. The highest BCUT2D eigenvalue weighted by Crippen LogP contribution is 2.24. The van der Waals surface area contributed by atoms with Crippen molar-refractivity contribution in [1.82, 2.24) is 13.8 Å². The minimum Gasteiger partial charge on any atom is -0.450 e. The number of nitro groups is 1. The fraction of sp³-hybridized carbons (Fsp3) is 0.400. The van der Waals surface area contributed by atoms with Gasteiger partial charge in [-0.1, -0.05) is 11.3 Å². The summed E-state index contributed by atoms with van der Waals surface area (Å²) in [6, 6.07) is 9.96. The van der Waals surface area contributed by atoms with E-state index in [0.717, 1.165) is 11.3 Å². The summed E-state index contributed by atoms with van der Waals surface area (Å²) < 4.78 is 40.3. The van der Waals surface area contributed by atoms with Crippen molar-refractivity contribution in [3.8, 4) is 0 Å². The Morgan fingerprint density at radius 1 is 1.05 bits per heavy atom. The van der Waals surface area contributed by atoms with Crippen LogP contribution in [-0.2, 0) is 26.0 Å². The number of carbonyl (C=O) groups excluding carboxylic acids is 2. The molecule has 0 atom stereocenters. The van der Waals surface area contributed by atoms with Crippen LogP contribution < -0.4 is 4.80 Å². The lowest BCUT2D eigenvalue weighted by molar-refractivity contribution is -0.384. The van der Waals surface area contributed by atoms with E-state index in [0.29, 0.717) is 34.8 Å². The van der Waals surface area contributed by atoms with Crippen molar-refractivity contribution in [2.45, 2.75) is 25.3 Å². The molecular weight excluding hydrogens is 562 g/mol. The van der Waals surface area contributed by atoms with E-state index in [1.54, 1.807) is 17.6 Å². The molecule has 13 nitrogen and oxygen atoms in total. The maximum absolute atomic E-state index is 13.1. The molecule has 0 unspecified atom stereocenters. The summed E-state index contributed by atoms with van der Waals surface area (Å²) in [7, 11) is -3.83. The fourth-order valence-corrected chi connectivity index (χ4v) is 6.68. The van der Waals surface area contributed by atoms with Crippen LogP contribution in [0.5, 0.6) is 0 Å². The molecule has 0 aliphatic carbocycles. The monoisotopic (exact) mass is 591 g/mol. The first kappa shape index (κ1) is 29.3. The number of amides is 2. The second kappa shape index (κ2) is 12.7. The van der Waals surface area contributed by atoms with Gasteiger partial charge in [0.2, 0.25) is 10.0 Å². The third kappa shape index (κ3) is 6.38. The van der Waals surface area contributed by atoms with Gasteiger partial charge in [0.05, 0.1) is 33.2 Å². The normalized spacial score (nSPS) is 14.9. The summed E-state index contributed by atoms with van der Waals surface area (Å²) in [5.41, 5.74) is 0.805. The van der Waals surface area contributed by atoms with E-state index < -0.39 is 26.9 Å². The molecule has 0 spiro atoms. The number of piperazine rings is 1. The Balaban J connectivity index is 1.55. The van der Waals surface area contributed by atoms with E-state index in [1.807, 2.05) is 6.92 Å². The van der Waals surface area contributed by atoms with Crippen LogP contribution in [0.25, 0.3) is 10.2 Å². The SMILES string of the molecule is CCOCCn1c(=NC(=O)c2ccc(S(=O)(=O)N3CCN(C(=O)OCC)CC3)cc2)sc2cc([N+](=O)[O-])ccc21. The van der Waals surface area contributed by atoms with E-state index in [2.05, 4.69) is 4.99 Å². The van der Waals surface area contributed by atoms with Crippen LogP contribution in [-0.4, -0.2) is 85.1 Å². The predicted molar refractivity (Wildman–Crippen MR) is 147 cm³/mol. The van der Waals surface area contributed by atoms with Gasteiger partial charge in [-0.25, -0.2) is 13.2 Å². The highest BCUT2D eigenvalue weighted by molar-refractivity contribution is 7.89. The highest BCUT2D eigenvalue weighted by atomic mass is 32.2. The highest BCUT2D eigenvalue weighted by Gasteiger charge is 2.30. The lowest BCUT2D eigenvalue weighted by Gasteiger charge is -2.33. The average molecular weight is 592 g/mol. The van der Waals surface area contributed by atoms with Gasteiger partial charge in [-0.2, -0.15) is 9.30 Å². The molecule has 1 fully saturated rings. The number of benzene rings is 2. The van der Waals surface area contributed by atoms with Crippen LogP contribution in [0.15, 0.2) is 52.4 Å². The van der Waals surface area contributed by atoms with Gasteiger partial charge < -0.3 is 18.9 Å². The number of hydrogen-bond acceptors (Lipinski definition) is 9. The number of hydrogen-bond donors (Lipinski definition) is 0. The smallest absolute Gasteiger partial charge is 0.409 e. The molecule has 2 aromatic carbocycles. The molecular formula is C25H29N5O8S2. The van der Waals surface area contributed by atoms with Crippen LogP contribution >= 0.6 is 11.3 Å². The largest absolute Gasteiger partial charge is 0.450 e. The Hall–Kier alpha value is -3.66. The van der Waals surface area contributed by atoms with Crippen molar-refractivity contribution >= 4 is 49.3 Å². The predicted octanol–water partition coefficient (Wildman–Crippen LogP) is 2.85. The summed E-state index contributed by atoms with van der Waals surface area (Å²) in [5.74, 6) is -0.585. The number of sulfonamides is 1. The maximum Gasteiger partial charge on any atom is 0.409 e. The van der Waals surface area contributed by atoms with Crippen molar-refractivity contribution in [1.29, 1.82) is 0 Å². The lowest BCUT2D eigenvalue weighted by Crippen LogP contribution is -2.50. The van der Waals surface area contributed by atoms with Crippen LogP contribution in [0.3, 0.4) is 0 Å². The topological polar surface area (TPSA) is 154 Å². The Morgan fingerprint density at radius 2 is 1.75 bits per heavy atom. The second-order valence-electron chi connectivity index (χ2n) is 8.67. The van der Waals surface area contributed by atoms with Crippen LogP contribution in [0, 0.1) is 10.1 Å². The molecule has 4 rings (SSSR count). The van der Waals surface area contributed by atoms with Gasteiger partial charge in [-0.15, -0.1) is 0 Å². The van der Waals surface area contributed by atoms with Crippen molar-refractivity contribution in [3.05, 3.63) is 62.9 Å². The van der Waals surface area contributed by atoms with Crippen LogP contribution in [0.1, 0.15) is 24.2 Å². The lowest BCUT2D eigenvalue weighted by atomic mass is 10.2. The molecule has 0 N–H and O–H groups in total. The number of ether oxygens (including phenoxy) is 2. The van der Waals surface area contributed by atoms with Gasteiger partial charge in [-0.05, 0) is 44.2 Å².